The molecule has 1 aliphatic heterocycles. The normalized spacial score (nSPS) is 27.2. The standard InChI is InChI=1S/C21H20Br2N2O/c22-19-14-3-1-2-4-15(14)21(25-9-7-24(12-26)8-10-25)16-6-5-13-11-17(13)18(16)20(19)23/h1-6,12,19-21H,7-11H2. The molecule has 3 aliphatic rings. The van der Waals surface area contributed by atoms with Crippen LogP contribution in [0.4, 0.5) is 0 Å². The summed E-state index contributed by atoms with van der Waals surface area (Å²) in [6.07, 6.45) is 2.10. The molecule has 0 spiro atoms. The number of nitrogens with zero attached hydrogens (tertiary/aromatic N) is 2. The van der Waals surface area contributed by atoms with Crippen LogP contribution in [0.15, 0.2) is 36.4 Å². The molecule has 1 heterocycles. The van der Waals surface area contributed by atoms with Crippen LogP contribution in [0.1, 0.15) is 49.1 Å². The zero-order valence-electron chi connectivity index (χ0n) is 14.4. The molecule has 5 rings (SSSR count). The highest BCUT2D eigenvalue weighted by atomic mass is 79.9. The van der Waals surface area contributed by atoms with Crippen molar-refractivity contribution in [2.24, 2.45) is 0 Å². The van der Waals surface area contributed by atoms with Gasteiger partial charge in [-0.3, -0.25) is 9.69 Å². The zero-order valence-corrected chi connectivity index (χ0v) is 17.5. The molecular weight excluding hydrogens is 456 g/mol. The first-order chi connectivity index (χ1) is 12.7. The largest absolute Gasteiger partial charge is 0.343 e. The number of carbonyl (C=O) groups excluding carboxylic acids is 1. The maximum atomic E-state index is 11.1. The second kappa shape index (κ2) is 6.47. The van der Waals surface area contributed by atoms with Gasteiger partial charge in [0.25, 0.3) is 0 Å². The molecule has 2 aliphatic carbocycles. The summed E-state index contributed by atoms with van der Waals surface area (Å²) >= 11 is 7.99. The van der Waals surface area contributed by atoms with Gasteiger partial charge >= 0.3 is 0 Å². The van der Waals surface area contributed by atoms with Gasteiger partial charge in [-0.15, -0.1) is 0 Å². The van der Waals surface area contributed by atoms with Crippen molar-refractivity contribution in [1.82, 2.24) is 9.80 Å². The highest BCUT2D eigenvalue weighted by Gasteiger charge is 2.40. The van der Waals surface area contributed by atoms with E-state index < -0.39 is 0 Å². The van der Waals surface area contributed by atoms with E-state index >= 15 is 0 Å². The number of hydrogen-bond acceptors (Lipinski definition) is 2. The van der Waals surface area contributed by atoms with Gasteiger partial charge in [0.1, 0.15) is 0 Å². The number of halogens is 2. The minimum absolute atomic E-state index is 0.253. The van der Waals surface area contributed by atoms with E-state index in [9.17, 15) is 4.79 Å². The number of benzene rings is 2. The van der Waals surface area contributed by atoms with Crippen LogP contribution in [0.2, 0.25) is 0 Å². The Kier molecular flexibility index (Phi) is 4.22. The molecular formula is C21H20Br2N2O. The lowest BCUT2D eigenvalue weighted by Gasteiger charge is -2.39. The van der Waals surface area contributed by atoms with Crippen molar-refractivity contribution < 1.29 is 4.79 Å². The fourth-order valence-corrected chi connectivity index (χ4v) is 6.08. The molecule has 26 heavy (non-hydrogen) atoms. The lowest BCUT2D eigenvalue weighted by Crippen LogP contribution is -2.47. The van der Waals surface area contributed by atoms with Gasteiger partial charge < -0.3 is 4.90 Å². The number of amides is 1. The van der Waals surface area contributed by atoms with Crippen LogP contribution in [0.5, 0.6) is 0 Å². The van der Waals surface area contributed by atoms with E-state index in [0.29, 0.717) is 0 Å². The van der Waals surface area contributed by atoms with Crippen LogP contribution in [-0.2, 0) is 11.2 Å². The lowest BCUT2D eigenvalue weighted by molar-refractivity contribution is -0.119. The summed E-state index contributed by atoms with van der Waals surface area (Å²) in [7, 11) is 0. The van der Waals surface area contributed by atoms with Crippen LogP contribution in [0, 0.1) is 0 Å². The SMILES string of the molecule is O=CN1CCN(C2c3ccccc3C(Br)C(Br)c3c2ccc2c3C2)CC1. The first-order valence-corrected chi connectivity index (χ1v) is 11.0. The van der Waals surface area contributed by atoms with E-state index in [1.54, 1.807) is 0 Å². The Hall–Kier alpha value is -1.17. The quantitative estimate of drug-likeness (QED) is 0.406. The Labute approximate surface area is 170 Å². The van der Waals surface area contributed by atoms with Gasteiger partial charge in [0, 0.05) is 26.2 Å². The third-order valence-electron chi connectivity index (χ3n) is 6.01. The predicted octanol–water partition coefficient (Wildman–Crippen LogP) is 4.34. The summed E-state index contributed by atoms with van der Waals surface area (Å²) in [5, 5.41) is 0. The van der Waals surface area contributed by atoms with Gasteiger partial charge in [-0.05, 0) is 39.8 Å². The first-order valence-electron chi connectivity index (χ1n) is 9.14. The molecule has 3 nitrogen and oxygen atoms in total. The highest BCUT2D eigenvalue weighted by Crippen LogP contribution is 2.55. The monoisotopic (exact) mass is 474 g/mol. The van der Waals surface area contributed by atoms with E-state index in [2.05, 4.69) is 73.2 Å². The number of fused-ring (bicyclic) bond motifs is 4. The number of piperazine rings is 1. The molecule has 0 aromatic heterocycles. The second-order valence-corrected chi connectivity index (χ2v) is 9.37. The van der Waals surface area contributed by atoms with Crippen LogP contribution in [0.25, 0.3) is 0 Å². The molecule has 5 heteroatoms. The van der Waals surface area contributed by atoms with Crippen molar-refractivity contribution in [2.45, 2.75) is 22.1 Å². The zero-order chi connectivity index (χ0) is 17.8. The van der Waals surface area contributed by atoms with E-state index in [4.69, 9.17) is 0 Å². The Morgan fingerprint density at radius 2 is 1.62 bits per heavy atom. The third kappa shape index (κ3) is 2.59. The van der Waals surface area contributed by atoms with Crippen LogP contribution in [0.3, 0.4) is 0 Å². The maximum Gasteiger partial charge on any atom is 0.209 e. The van der Waals surface area contributed by atoms with E-state index in [0.717, 1.165) is 39.0 Å². The van der Waals surface area contributed by atoms with Gasteiger partial charge in [0.05, 0.1) is 15.7 Å². The molecule has 3 atom stereocenters. The summed E-state index contributed by atoms with van der Waals surface area (Å²) < 4.78 is 0. The predicted molar refractivity (Wildman–Crippen MR) is 110 cm³/mol. The van der Waals surface area contributed by atoms with E-state index in [-0.39, 0.29) is 15.7 Å². The molecule has 2 aromatic carbocycles. The lowest BCUT2D eigenvalue weighted by atomic mass is 9.92. The molecule has 2 aromatic rings. The number of carbonyl (C=O) groups is 1. The molecule has 1 amide bonds. The topological polar surface area (TPSA) is 23.6 Å². The molecule has 1 saturated heterocycles. The fraction of sp³-hybridized carbons (Fsp3) is 0.381. The molecule has 0 bridgehead atoms. The first kappa shape index (κ1) is 17.0. The van der Waals surface area contributed by atoms with Gasteiger partial charge in [-0.25, -0.2) is 0 Å². The van der Waals surface area contributed by atoms with Crippen molar-refractivity contribution in [2.75, 3.05) is 26.2 Å². The smallest absolute Gasteiger partial charge is 0.209 e. The Morgan fingerprint density at radius 1 is 0.885 bits per heavy atom. The molecule has 0 N–H and O–H groups in total. The van der Waals surface area contributed by atoms with Crippen molar-refractivity contribution >= 4 is 38.3 Å². The molecule has 0 radical (unpaired) electrons. The van der Waals surface area contributed by atoms with Crippen LogP contribution >= 0.6 is 31.9 Å². The molecule has 1 fully saturated rings. The number of hydrogen-bond donors (Lipinski definition) is 0. The maximum absolute atomic E-state index is 11.1. The summed E-state index contributed by atoms with van der Waals surface area (Å²) in [6.45, 7) is 3.43. The number of alkyl halides is 2. The molecule has 134 valence electrons. The Bertz CT molecular complexity index is 876. The van der Waals surface area contributed by atoms with Crippen LogP contribution < -0.4 is 0 Å². The minimum Gasteiger partial charge on any atom is -0.343 e. The van der Waals surface area contributed by atoms with Crippen LogP contribution in [-0.4, -0.2) is 42.4 Å². The average molecular weight is 476 g/mol. The third-order valence-corrected chi connectivity index (χ3v) is 8.73. The average Bonchev–Trinajstić information content (AvgIpc) is 3.48. The minimum atomic E-state index is 0.253. The van der Waals surface area contributed by atoms with Gasteiger partial charge in [0.2, 0.25) is 6.41 Å². The molecule has 0 saturated carbocycles. The van der Waals surface area contributed by atoms with Crippen molar-refractivity contribution in [3.05, 3.63) is 69.8 Å². The van der Waals surface area contributed by atoms with Gasteiger partial charge in [-0.1, -0.05) is 68.3 Å². The van der Waals surface area contributed by atoms with Gasteiger partial charge in [0.15, 0.2) is 0 Å². The fourth-order valence-electron chi connectivity index (χ4n) is 4.57. The summed E-state index contributed by atoms with van der Waals surface area (Å²) in [5.41, 5.74) is 8.67. The summed E-state index contributed by atoms with van der Waals surface area (Å²) in [5.74, 6) is 0. The molecule has 3 unspecified atom stereocenters. The van der Waals surface area contributed by atoms with Crippen molar-refractivity contribution in [1.29, 1.82) is 0 Å². The van der Waals surface area contributed by atoms with E-state index in [1.165, 1.54) is 33.4 Å². The second-order valence-electron chi connectivity index (χ2n) is 7.40. The van der Waals surface area contributed by atoms with Gasteiger partial charge in [-0.2, -0.15) is 0 Å². The van der Waals surface area contributed by atoms with Crippen molar-refractivity contribution in [3.63, 3.8) is 0 Å². The highest BCUT2D eigenvalue weighted by molar-refractivity contribution is 9.12. The number of rotatable bonds is 2. The summed E-state index contributed by atoms with van der Waals surface area (Å²) in [6, 6.07) is 13.7. The summed E-state index contributed by atoms with van der Waals surface area (Å²) in [4.78, 5) is 16.1. The Balaban J connectivity index is 1.66. The van der Waals surface area contributed by atoms with Crippen molar-refractivity contribution in [3.8, 4) is 0 Å². The van der Waals surface area contributed by atoms with E-state index in [1.807, 2.05) is 4.90 Å². The Morgan fingerprint density at radius 3 is 2.35 bits per heavy atom.